The van der Waals surface area contributed by atoms with Gasteiger partial charge < -0.3 is 5.84 Å². The third-order valence-corrected chi connectivity index (χ3v) is 3.15. The molecule has 0 saturated carbocycles. The van der Waals surface area contributed by atoms with E-state index in [1.54, 1.807) is 32.0 Å². The lowest BCUT2D eigenvalue weighted by atomic mass is 10.2. The van der Waals surface area contributed by atoms with Gasteiger partial charge in [0.05, 0.1) is 5.69 Å². The third kappa shape index (κ3) is 1.93. The first kappa shape index (κ1) is 12.4. The Morgan fingerprint density at radius 1 is 1.17 bits per heavy atom. The molecule has 0 saturated heterocycles. The van der Waals surface area contributed by atoms with Crippen molar-refractivity contribution in [2.45, 2.75) is 13.8 Å². The molecule has 18 heavy (non-hydrogen) atoms. The van der Waals surface area contributed by atoms with Crippen LogP contribution in [0.15, 0.2) is 33.9 Å². The zero-order valence-corrected chi connectivity index (χ0v) is 10.7. The van der Waals surface area contributed by atoms with E-state index in [-0.39, 0.29) is 0 Å². The number of nitrogens with two attached hydrogens (primary N) is 1. The van der Waals surface area contributed by atoms with Crippen LogP contribution in [-0.4, -0.2) is 9.24 Å². The summed E-state index contributed by atoms with van der Waals surface area (Å²) >= 11 is 5.91. The van der Waals surface area contributed by atoms with Crippen LogP contribution >= 0.6 is 11.6 Å². The van der Waals surface area contributed by atoms with Crippen molar-refractivity contribution in [2.75, 3.05) is 5.84 Å². The van der Waals surface area contributed by atoms with E-state index < -0.39 is 11.2 Å². The van der Waals surface area contributed by atoms with E-state index in [2.05, 4.69) is 0 Å². The summed E-state index contributed by atoms with van der Waals surface area (Å²) in [6.07, 6.45) is 0. The van der Waals surface area contributed by atoms with Crippen LogP contribution in [0.25, 0.3) is 5.69 Å². The second-order valence-electron chi connectivity index (χ2n) is 4.05. The van der Waals surface area contributed by atoms with E-state index in [1.807, 2.05) is 0 Å². The highest BCUT2D eigenvalue weighted by Gasteiger charge is 2.09. The first-order valence-electron chi connectivity index (χ1n) is 5.29. The summed E-state index contributed by atoms with van der Waals surface area (Å²) in [5.74, 6) is 5.58. The summed E-state index contributed by atoms with van der Waals surface area (Å²) in [4.78, 5) is 23.8. The van der Waals surface area contributed by atoms with Gasteiger partial charge >= 0.3 is 5.69 Å². The second-order valence-corrected chi connectivity index (χ2v) is 4.45. The maximum atomic E-state index is 12.0. The summed E-state index contributed by atoms with van der Waals surface area (Å²) < 4.78 is 1.95. The minimum absolute atomic E-state index is 0.409. The van der Waals surface area contributed by atoms with E-state index in [4.69, 9.17) is 17.4 Å². The molecule has 94 valence electrons. The molecule has 1 aromatic carbocycles. The van der Waals surface area contributed by atoms with Gasteiger partial charge in [-0.1, -0.05) is 11.6 Å². The number of rotatable bonds is 1. The van der Waals surface area contributed by atoms with Crippen molar-refractivity contribution in [3.8, 4) is 5.69 Å². The molecule has 2 aromatic rings. The third-order valence-electron chi connectivity index (χ3n) is 2.73. The number of nitrogens with zero attached hydrogens (tertiary/aromatic N) is 2. The Labute approximate surface area is 108 Å². The summed E-state index contributed by atoms with van der Waals surface area (Å²) in [6.45, 7) is 3.40. The number of benzene rings is 1. The molecule has 6 heteroatoms. The topological polar surface area (TPSA) is 70.0 Å². The van der Waals surface area contributed by atoms with Gasteiger partial charge in [0.25, 0.3) is 5.56 Å². The lowest BCUT2D eigenvalue weighted by Crippen LogP contribution is -2.42. The number of halogens is 1. The Morgan fingerprint density at radius 2 is 1.83 bits per heavy atom. The van der Waals surface area contributed by atoms with E-state index in [0.29, 0.717) is 16.4 Å². The number of nitrogen functional groups attached to an aromatic ring is 1. The highest BCUT2D eigenvalue weighted by molar-refractivity contribution is 6.31. The van der Waals surface area contributed by atoms with Crippen LogP contribution in [0.5, 0.6) is 0 Å². The molecule has 0 spiro atoms. The summed E-state index contributed by atoms with van der Waals surface area (Å²) in [6, 6.07) is 6.22. The van der Waals surface area contributed by atoms with E-state index in [9.17, 15) is 9.59 Å². The van der Waals surface area contributed by atoms with Gasteiger partial charge in [-0.05, 0) is 37.6 Å². The summed E-state index contributed by atoms with van der Waals surface area (Å²) in [5.41, 5.74) is 0.644. The van der Waals surface area contributed by atoms with Crippen molar-refractivity contribution in [3.05, 3.63) is 61.4 Å². The van der Waals surface area contributed by atoms with Crippen LogP contribution < -0.4 is 17.1 Å². The average molecular weight is 266 g/mol. The monoisotopic (exact) mass is 265 g/mol. The minimum atomic E-state index is -0.582. The van der Waals surface area contributed by atoms with Crippen molar-refractivity contribution in [1.82, 2.24) is 9.24 Å². The van der Waals surface area contributed by atoms with Crippen molar-refractivity contribution in [3.63, 3.8) is 0 Å². The molecule has 0 amide bonds. The Bertz CT molecular complexity index is 731. The number of hydrogen-bond acceptors (Lipinski definition) is 3. The predicted octanol–water partition coefficient (Wildman–Crippen LogP) is 0.983. The zero-order valence-electron chi connectivity index (χ0n) is 9.98. The average Bonchev–Trinajstić information content (AvgIpc) is 2.31. The quantitative estimate of drug-likeness (QED) is 0.782. The van der Waals surface area contributed by atoms with Gasteiger partial charge in [0.2, 0.25) is 0 Å². The lowest BCUT2D eigenvalue weighted by molar-refractivity contribution is 0.751. The van der Waals surface area contributed by atoms with Crippen LogP contribution in [0.2, 0.25) is 5.02 Å². The molecule has 0 unspecified atom stereocenters. The molecule has 5 nitrogen and oxygen atoms in total. The molecular formula is C12H12ClN3O2. The molecule has 1 heterocycles. The molecule has 0 aliphatic heterocycles. The van der Waals surface area contributed by atoms with Gasteiger partial charge in [-0.25, -0.2) is 14.0 Å². The minimum Gasteiger partial charge on any atom is -0.335 e. The molecule has 2 rings (SSSR count). The smallest absolute Gasteiger partial charge is 0.335 e. The number of aromatic nitrogens is 2. The van der Waals surface area contributed by atoms with Crippen LogP contribution in [0.1, 0.15) is 11.3 Å². The maximum absolute atomic E-state index is 12.0. The molecule has 0 aliphatic carbocycles. The fraction of sp³-hybridized carbons (Fsp3) is 0.167. The van der Waals surface area contributed by atoms with Gasteiger partial charge in [-0.3, -0.25) is 4.79 Å². The Morgan fingerprint density at radius 3 is 2.44 bits per heavy atom. The van der Waals surface area contributed by atoms with Crippen LogP contribution in [0.4, 0.5) is 0 Å². The molecular weight excluding hydrogens is 254 g/mol. The van der Waals surface area contributed by atoms with E-state index >= 15 is 0 Å². The van der Waals surface area contributed by atoms with Crippen molar-refractivity contribution in [2.24, 2.45) is 0 Å². The van der Waals surface area contributed by atoms with Crippen molar-refractivity contribution in [1.29, 1.82) is 0 Å². The van der Waals surface area contributed by atoms with E-state index in [1.165, 1.54) is 6.07 Å². The van der Waals surface area contributed by atoms with Gasteiger partial charge in [0, 0.05) is 16.8 Å². The molecule has 2 N–H and O–H groups in total. The molecule has 0 radical (unpaired) electrons. The van der Waals surface area contributed by atoms with Crippen molar-refractivity contribution < 1.29 is 0 Å². The Hall–Kier alpha value is -2.01. The normalized spacial score (nSPS) is 10.6. The number of hydrogen-bond donors (Lipinski definition) is 1. The van der Waals surface area contributed by atoms with Crippen LogP contribution in [-0.2, 0) is 0 Å². The van der Waals surface area contributed by atoms with Gasteiger partial charge in [-0.2, -0.15) is 0 Å². The highest BCUT2D eigenvalue weighted by Crippen LogP contribution is 2.17. The molecule has 0 atom stereocenters. The summed E-state index contributed by atoms with van der Waals surface area (Å²) in [5, 5.41) is 0.576. The van der Waals surface area contributed by atoms with Crippen molar-refractivity contribution >= 4 is 11.6 Å². The lowest BCUT2D eigenvalue weighted by Gasteiger charge is -2.09. The zero-order chi connectivity index (χ0) is 13.4. The molecule has 0 aliphatic rings. The summed E-state index contributed by atoms with van der Waals surface area (Å²) in [7, 11) is 0. The molecule has 0 fully saturated rings. The highest BCUT2D eigenvalue weighted by atomic mass is 35.5. The number of aryl methyl sites for hydroxylation is 2. The van der Waals surface area contributed by atoms with Gasteiger partial charge in [0.1, 0.15) is 0 Å². The largest absolute Gasteiger partial charge is 0.354 e. The first-order valence-corrected chi connectivity index (χ1v) is 5.67. The Kier molecular flexibility index (Phi) is 3.00. The Balaban J connectivity index is 2.80. The standard InChI is InChI=1S/C12H12ClN3O2/c1-7-5-9(3-4-10(7)13)15-11(17)6-8(2)16(14)12(15)18/h3-6H,14H2,1-2H3. The molecule has 0 bridgehead atoms. The SMILES string of the molecule is Cc1cc(-n2c(=O)cc(C)n(N)c2=O)ccc1Cl. The maximum Gasteiger partial charge on any atom is 0.354 e. The van der Waals surface area contributed by atoms with E-state index in [0.717, 1.165) is 14.8 Å². The van der Waals surface area contributed by atoms with Gasteiger partial charge in [-0.15, -0.1) is 0 Å². The second kappa shape index (κ2) is 4.34. The first-order chi connectivity index (χ1) is 8.41. The predicted molar refractivity (Wildman–Crippen MR) is 70.9 cm³/mol. The van der Waals surface area contributed by atoms with Gasteiger partial charge in [0.15, 0.2) is 0 Å². The fourth-order valence-electron chi connectivity index (χ4n) is 1.67. The fourth-order valence-corrected chi connectivity index (χ4v) is 1.79. The van der Waals surface area contributed by atoms with Crippen LogP contribution in [0.3, 0.4) is 0 Å². The van der Waals surface area contributed by atoms with Crippen LogP contribution in [0, 0.1) is 13.8 Å². The molecule has 1 aromatic heterocycles.